The van der Waals surface area contributed by atoms with Gasteiger partial charge in [0, 0.05) is 6.04 Å². The van der Waals surface area contributed by atoms with Crippen molar-refractivity contribution < 1.29 is 9.21 Å². The Labute approximate surface area is 124 Å². The molecule has 0 fully saturated rings. The molecule has 2 N–H and O–H groups in total. The molecule has 1 heterocycles. The van der Waals surface area contributed by atoms with Gasteiger partial charge in [0.15, 0.2) is 0 Å². The molecule has 0 radical (unpaired) electrons. The fourth-order valence-corrected chi connectivity index (χ4v) is 2.84. The maximum absolute atomic E-state index is 11.9. The smallest absolute Gasteiger partial charge is 0.234 e. The molecule has 1 aliphatic rings. The van der Waals surface area contributed by atoms with Crippen molar-refractivity contribution in [3.63, 3.8) is 0 Å². The van der Waals surface area contributed by atoms with Gasteiger partial charge in [-0.2, -0.15) is 0 Å². The Morgan fingerprint density at radius 1 is 1.24 bits per heavy atom. The zero-order valence-electron chi connectivity index (χ0n) is 12.0. The predicted molar refractivity (Wildman–Crippen MR) is 80.7 cm³/mol. The quantitative estimate of drug-likeness (QED) is 0.887. The van der Waals surface area contributed by atoms with E-state index in [4.69, 9.17) is 4.42 Å². The van der Waals surface area contributed by atoms with Crippen molar-refractivity contribution in [2.24, 2.45) is 0 Å². The summed E-state index contributed by atoms with van der Waals surface area (Å²) in [7, 11) is 0. The van der Waals surface area contributed by atoms with Crippen LogP contribution in [-0.4, -0.2) is 12.5 Å². The van der Waals surface area contributed by atoms with E-state index >= 15 is 0 Å². The molecule has 4 heteroatoms. The third kappa shape index (κ3) is 3.52. The minimum atomic E-state index is -0.00513. The highest BCUT2D eigenvalue weighted by Gasteiger charge is 2.19. The van der Waals surface area contributed by atoms with Crippen LogP contribution in [0.4, 0.5) is 0 Å². The van der Waals surface area contributed by atoms with Crippen LogP contribution in [0.3, 0.4) is 0 Å². The van der Waals surface area contributed by atoms with Crippen LogP contribution in [0.15, 0.2) is 47.1 Å². The van der Waals surface area contributed by atoms with Crippen LogP contribution < -0.4 is 10.6 Å². The highest BCUT2D eigenvalue weighted by atomic mass is 16.3. The van der Waals surface area contributed by atoms with E-state index in [2.05, 4.69) is 34.9 Å². The van der Waals surface area contributed by atoms with Gasteiger partial charge in [0.1, 0.15) is 5.76 Å². The lowest BCUT2D eigenvalue weighted by Crippen LogP contribution is -2.36. The lowest BCUT2D eigenvalue weighted by molar-refractivity contribution is -0.120. The van der Waals surface area contributed by atoms with Crippen LogP contribution in [0.25, 0.3) is 0 Å². The van der Waals surface area contributed by atoms with Gasteiger partial charge in [0.2, 0.25) is 5.91 Å². The molecule has 4 nitrogen and oxygen atoms in total. The van der Waals surface area contributed by atoms with E-state index in [0.717, 1.165) is 18.6 Å². The summed E-state index contributed by atoms with van der Waals surface area (Å²) in [6.45, 7) is 0.772. The van der Waals surface area contributed by atoms with Crippen LogP contribution in [0.5, 0.6) is 0 Å². The minimum absolute atomic E-state index is 0.00513. The Morgan fingerprint density at radius 2 is 2.14 bits per heavy atom. The van der Waals surface area contributed by atoms with Gasteiger partial charge in [0.25, 0.3) is 0 Å². The molecule has 0 saturated carbocycles. The van der Waals surface area contributed by atoms with Crippen molar-refractivity contribution in [3.8, 4) is 0 Å². The molecule has 2 aromatic rings. The summed E-state index contributed by atoms with van der Waals surface area (Å²) in [5, 5.41) is 6.22. The van der Waals surface area contributed by atoms with Crippen LogP contribution in [-0.2, 0) is 17.8 Å². The summed E-state index contributed by atoms with van der Waals surface area (Å²) in [5.74, 6) is 0.765. The molecule has 1 aromatic carbocycles. The monoisotopic (exact) mass is 284 g/mol. The maximum atomic E-state index is 11.9. The molecule has 1 unspecified atom stereocenters. The molecule has 0 aliphatic heterocycles. The van der Waals surface area contributed by atoms with E-state index < -0.39 is 0 Å². The van der Waals surface area contributed by atoms with Crippen LogP contribution in [0.1, 0.15) is 35.8 Å². The van der Waals surface area contributed by atoms with Gasteiger partial charge in [-0.25, -0.2) is 0 Å². The second kappa shape index (κ2) is 6.59. The van der Waals surface area contributed by atoms with Gasteiger partial charge >= 0.3 is 0 Å². The number of carbonyl (C=O) groups excluding carboxylic acids is 1. The highest BCUT2D eigenvalue weighted by Crippen LogP contribution is 2.29. The Morgan fingerprint density at radius 3 is 3.00 bits per heavy atom. The second-order valence-electron chi connectivity index (χ2n) is 5.38. The summed E-state index contributed by atoms with van der Waals surface area (Å²) >= 11 is 0. The van der Waals surface area contributed by atoms with Gasteiger partial charge < -0.3 is 15.1 Å². The first-order valence-corrected chi connectivity index (χ1v) is 7.43. The van der Waals surface area contributed by atoms with Gasteiger partial charge in [-0.15, -0.1) is 0 Å². The zero-order valence-corrected chi connectivity index (χ0v) is 12.0. The van der Waals surface area contributed by atoms with E-state index in [-0.39, 0.29) is 11.9 Å². The summed E-state index contributed by atoms with van der Waals surface area (Å²) in [6, 6.07) is 12.4. The fraction of sp³-hybridized carbons (Fsp3) is 0.353. The van der Waals surface area contributed by atoms with E-state index in [1.165, 1.54) is 17.5 Å². The Kier molecular flexibility index (Phi) is 4.36. The van der Waals surface area contributed by atoms with Crippen LogP contribution >= 0.6 is 0 Å². The van der Waals surface area contributed by atoms with E-state index in [1.807, 2.05) is 12.1 Å². The topological polar surface area (TPSA) is 54.3 Å². The molecule has 0 bridgehead atoms. The van der Waals surface area contributed by atoms with E-state index in [1.54, 1.807) is 6.26 Å². The molecule has 21 heavy (non-hydrogen) atoms. The normalized spacial score (nSPS) is 17.2. The van der Waals surface area contributed by atoms with Crippen molar-refractivity contribution in [2.75, 3.05) is 6.54 Å². The summed E-state index contributed by atoms with van der Waals surface area (Å²) in [4.78, 5) is 11.9. The lowest BCUT2D eigenvalue weighted by atomic mass is 9.88. The summed E-state index contributed by atoms with van der Waals surface area (Å²) in [5.41, 5.74) is 2.74. The van der Waals surface area contributed by atoms with Crippen molar-refractivity contribution in [1.29, 1.82) is 0 Å². The average Bonchev–Trinajstić information content (AvgIpc) is 3.04. The van der Waals surface area contributed by atoms with Crippen LogP contribution in [0, 0.1) is 0 Å². The van der Waals surface area contributed by atoms with Gasteiger partial charge in [0.05, 0.1) is 19.4 Å². The van der Waals surface area contributed by atoms with Gasteiger partial charge in [-0.05, 0) is 42.5 Å². The minimum Gasteiger partial charge on any atom is -0.467 e. The number of hydrogen-bond donors (Lipinski definition) is 2. The first kappa shape index (κ1) is 13.9. The molecule has 1 aromatic heterocycles. The largest absolute Gasteiger partial charge is 0.467 e. The maximum Gasteiger partial charge on any atom is 0.234 e. The molecule has 1 atom stereocenters. The van der Waals surface area contributed by atoms with Crippen LogP contribution in [0.2, 0.25) is 0 Å². The number of fused-ring (bicyclic) bond motifs is 1. The molecular weight excluding hydrogens is 264 g/mol. The lowest BCUT2D eigenvalue weighted by Gasteiger charge is -2.26. The molecule has 1 aliphatic carbocycles. The molecule has 110 valence electrons. The molecule has 0 saturated heterocycles. The second-order valence-corrected chi connectivity index (χ2v) is 5.38. The Hall–Kier alpha value is -2.07. The number of nitrogens with one attached hydrogen (secondary N) is 2. The average molecular weight is 284 g/mol. The standard InChI is InChI=1S/C17H20N2O2/c20-17(19-11-14-7-4-10-21-14)12-18-16-9-3-6-13-5-1-2-8-15(13)16/h1-2,4-5,7-8,10,16,18H,3,6,9,11-12H2,(H,19,20). The van der Waals surface area contributed by atoms with E-state index in [9.17, 15) is 4.79 Å². The van der Waals surface area contributed by atoms with Gasteiger partial charge in [-0.3, -0.25) is 4.79 Å². The number of furan rings is 1. The molecule has 3 rings (SSSR count). The molecular formula is C17H20N2O2. The van der Waals surface area contributed by atoms with E-state index in [0.29, 0.717) is 13.1 Å². The van der Waals surface area contributed by atoms with Crippen molar-refractivity contribution >= 4 is 5.91 Å². The number of amides is 1. The predicted octanol–water partition coefficient (Wildman–Crippen LogP) is 2.56. The highest BCUT2D eigenvalue weighted by molar-refractivity contribution is 5.78. The Balaban J connectivity index is 1.50. The Bertz CT molecular complexity index is 593. The SMILES string of the molecule is O=C(CNC1CCCc2ccccc21)NCc1ccco1. The number of hydrogen-bond acceptors (Lipinski definition) is 3. The van der Waals surface area contributed by atoms with Gasteiger partial charge in [-0.1, -0.05) is 24.3 Å². The summed E-state index contributed by atoms with van der Waals surface area (Å²) < 4.78 is 5.19. The number of rotatable bonds is 5. The molecule has 1 amide bonds. The van der Waals surface area contributed by atoms with Crippen molar-refractivity contribution in [1.82, 2.24) is 10.6 Å². The third-order valence-corrected chi connectivity index (χ3v) is 3.92. The first-order valence-electron chi connectivity index (χ1n) is 7.43. The number of benzene rings is 1. The first-order chi connectivity index (χ1) is 10.3. The number of aryl methyl sites for hydroxylation is 1. The zero-order chi connectivity index (χ0) is 14.5. The fourth-order valence-electron chi connectivity index (χ4n) is 2.84. The van der Waals surface area contributed by atoms with Crippen molar-refractivity contribution in [3.05, 3.63) is 59.5 Å². The molecule has 0 spiro atoms. The summed E-state index contributed by atoms with van der Waals surface area (Å²) in [6.07, 6.45) is 5.00. The third-order valence-electron chi connectivity index (χ3n) is 3.92. The number of carbonyl (C=O) groups is 1. The van der Waals surface area contributed by atoms with Crippen molar-refractivity contribution in [2.45, 2.75) is 31.8 Å².